The number of hydrogen-bond donors (Lipinski definition) is 0. The molecule has 0 N–H and O–H groups in total. The second kappa shape index (κ2) is 12.3. The fraction of sp³-hybridized carbons (Fsp3) is 0.640. The first-order valence-electron chi connectivity index (χ1n) is 10.9. The summed E-state index contributed by atoms with van der Waals surface area (Å²) in [6, 6.07) is 10.3. The maximum absolute atomic E-state index is 9.55. The summed E-state index contributed by atoms with van der Waals surface area (Å²) >= 11 is 0. The summed E-state index contributed by atoms with van der Waals surface area (Å²) in [4.78, 5) is 0. The molecule has 0 bridgehead atoms. The lowest BCUT2D eigenvalue weighted by molar-refractivity contribution is 0.142. The van der Waals surface area contributed by atoms with E-state index >= 15 is 0 Å². The second-order valence-electron chi connectivity index (χ2n) is 9.81. The molecule has 0 spiro atoms. The van der Waals surface area contributed by atoms with Crippen molar-refractivity contribution in [3.8, 4) is 11.8 Å². The molecule has 0 amide bonds. The van der Waals surface area contributed by atoms with Gasteiger partial charge in [0.1, 0.15) is 11.9 Å². The normalized spacial score (nSPS) is 14.8. The summed E-state index contributed by atoms with van der Waals surface area (Å²) in [5, 5.41) is 9.67. The van der Waals surface area contributed by atoms with E-state index in [1.165, 1.54) is 5.57 Å². The first-order chi connectivity index (χ1) is 14.0. The fourth-order valence-corrected chi connectivity index (χ4v) is 4.08. The molecule has 4 nitrogen and oxygen atoms in total. The quantitative estimate of drug-likeness (QED) is 0.267. The van der Waals surface area contributed by atoms with Crippen LogP contribution in [0.3, 0.4) is 0 Å². The van der Waals surface area contributed by atoms with Crippen LogP contribution >= 0.6 is 0 Å². The van der Waals surface area contributed by atoms with Gasteiger partial charge in [0, 0.05) is 0 Å². The van der Waals surface area contributed by atoms with Gasteiger partial charge in [0.15, 0.2) is 8.32 Å². The number of rotatable bonds is 12. The third-order valence-electron chi connectivity index (χ3n) is 5.91. The summed E-state index contributed by atoms with van der Waals surface area (Å²) in [6.07, 6.45) is 4.79. The van der Waals surface area contributed by atoms with Crippen molar-refractivity contribution in [1.29, 1.82) is 5.26 Å². The largest absolute Gasteiger partial charge is 0.497 e. The summed E-state index contributed by atoms with van der Waals surface area (Å²) in [6.45, 7) is 16.6. The van der Waals surface area contributed by atoms with Crippen molar-refractivity contribution in [1.82, 2.24) is 0 Å². The van der Waals surface area contributed by atoms with Crippen LogP contribution in [0.2, 0.25) is 18.1 Å². The zero-order chi connectivity index (χ0) is 22.8. The van der Waals surface area contributed by atoms with Crippen LogP contribution in [0.4, 0.5) is 0 Å². The Bertz CT molecular complexity index is 699. The topological polar surface area (TPSA) is 51.5 Å². The summed E-state index contributed by atoms with van der Waals surface area (Å²) in [5.74, 6) is 1.31. The van der Waals surface area contributed by atoms with Crippen molar-refractivity contribution in [2.45, 2.75) is 84.7 Å². The van der Waals surface area contributed by atoms with E-state index in [0.717, 1.165) is 30.6 Å². The molecule has 0 fully saturated rings. The number of allylic oxidation sites excluding steroid dienone is 1. The van der Waals surface area contributed by atoms with Crippen molar-refractivity contribution in [3.63, 3.8) is 0 Å². The molecule has 1 aromatic carbocycles. The average Bonchev–Trinajstić information content (AvgIpc) is 2.67. The Morgan fingerprint density at radius 2 is 1.83 bits per heavy atom. The zero-order valence-electron chi connectivity index (χ0n) is 20.2. The van der Waals surface area contributed by atoms with Gasteiger partial charge in [-0.05, 0) is 67.9 Å². The maximum Gasteiger partial charge on any atom is 0.193 e. The molecule has 0 radical (unpaired) electrons. The number of nitrogens with zero attached hydrogens (tertiary/aromatic N) is 1. The van der Waals surface area contributed by atoms with E-state index in [0.29, 0.717) is 19.1 Å². The molecule has 0 saturated carbocycles. The Morgan fingerprint density at radius 1 is 1.20 bits per heavy atom. The van der Waals surface area contributed by atoms with Crippen LogP contribution < -0.4 is 4.74 Å². The predicted octanol–water partition coefficient (Wildman–Crippen LogP) is 6.88. The fourth-order valence-electron chi connectivity index (χ4n) is 2.87. The Morgan fingerprint density at radius 3 is 2.37 bits per heavy atom. The SMILES string of the molecule is COc1ccc(COC/C(C)=C/CC[C@@H](C)C[C@H](C#N)O[Si](C)(C)C(C)(C)C)cc1. The van der Waals surface area contributed by atoms with E-state index in [1.807, 2.05) is 24.3 Å². The van der Waals surface area contributed by atoms with Gasteiger partial charge in [-0.1, -0.05) is 51.5 Å². The molecule has 0 aromatic heterocycles. The Balaban J connectivity index is 2.36. The minimum absolute atomic E-state index is 0.122. The molecular weight excluding hydrogens is 390 g/mol. The number of benzene rings is 1. The van der Waals surface area contributed by atoms with Crippen molar-refractivity contribution in [3.05, 3.63) is 41.5 Å². The van der Waals surface area contributed by atoms with Crippen LogP contribution in [0.5, 0.6) is 5.75 Å². The molecule has 0 aliphatic heterocycles. The molecule has 0 unspecified atom stereocenters. The summed E-state index contributed by atoms with van der Waals surface area (Å²) < 4.78 is 17.3. The van der Waals surface area contributed by atoms with Gasteiger partial charge in [0.05, 0.1) is 26.4 Å². The zero-order valence-corrected chi connectivity index (χ0v) is 21.2. The van der Waals surface area contributed by atoms with Crippen LogP contribution in [-0.2, 0) is 15.8 Å². The van der Waals surface area contributed by atoms with E-state index in [2.05, 4.69) is 59.9 Å². The Kier molecular flexibility index (Phi) is 10.8. The van der Waals surface area contributed by atoms with E-state index in [1.54, 1.807) is 7.11 Å². The van der Waals surface area contributed by atoms with Crippen molar-refractivity contribution in [2.24, 2.45) is 5.92 Å². The van der Waals surface area contributed by atoms with Gasteiger partial charge in [0.2, 0.25) is 0 Å². The van der Waals surface area contributed by atoms with Gasteiger partial charge in [-0.15, -0.1) is 0 Å². The van der Waals surface area contributed by atoms with Crippen LogP contribution in [0.25, 0.3) is 0 Å². The van der Waals surface area contributed by atoms with Gasteiger partial charge in [-0.3, -0.25) is 0 Å². The first-order valence-corrected chi connectivity index (χ1v) is 13.8. The monoisotopic (exact) mass is 431 g/mol. The molecule has 168 valence electrons. The van der Waals surface area contributed by atoms with Gasteiger partial charge in [0.25, 0.3) is 0 Å². The van der Waals surface area contributed by atoms with Gasteiger partial charge < -0.3 is 13.9 Å². The van der Waals surface area contributed by atoms with E-state index < -0.39 is 8.32 Å². The van der Waals surface area contributed by atoms with Crippen molar-refractivity contribution < 1.29 is 13.9 Å². The minimum Gasteiger partial charge on any atom is -0.497 e. The summed E-state index contributed by atoms with van der Waals surface area (Å²) in [7, 11) is -0.242. The molecule has 1 aromatic rings. The maximum atomic E-state index is 9.55. The lowest BCUT2D eigenvalue weighted by Gasteiger charge is -2.38. The standard InChI is InChI=1S/C25H41NO3Si/c1-20(16-24(17-26)29-30(7,8)25(3,4)5)10-9-11-21(2)18-28-19-22-12-14-23(27-6)15-13-22/h11-15,20,24H,9-10,16,18-19H2,1-8H3/b21-11+/t20-,24-/m1/s1. The van der Waals surface area contributed by atoms with Gasteiger partial charge in [-0.2, -0.15) is 5.26 Å². The molecule has 1 rings (SSSR count). The lowest BCUT2D eigenvalue weighted by atomic mass is 9.98. The third-order valence-corrected chi connectivity index (χ3v) is 10.4. The third kappa shape index (κ3) is 9.47. The minimum atomic E-state index is -1.91. The Hall–Kier alpha value is -1.61. The molecule has 0 heterocycles. The molecule has 5 heteroatoms. The molecule has 2 atom stereocenters. The molecule has 0 aliphatic carbocycles. The van der Waals surface area contributed by atoms with Crippen molar-refractivity contribution in [2.75, 3.05) is 13.7 Å². The molecular formula is C25H41NO3Si. The van der Waals surface area contributed by atoms with Crippen LogP contribution in [0.15, 0.2) is 35.9 Å². The van der Waals surface area contributed by atoms with Crippen LogP contribution in [0, 0.1) is 17.2 Å². The summed E-state index contributed by atoms with van der Waals surface area (Å²) in [5.41, 5.74) is 2.38. The average molecular weight is 432 g/mol. The number of hydrogen-bond acceptors (Lipinski definition) is 4. The Labute approximate surface area is 185 Å². The first kappa shape index (κ1) is 26.4. The molecule has 30 heavy (non-hydrogen) atoms. The smallest absolute Gasteiger partial charge is 0.193 e. The number of ether oxygens (including phenoxy) is 2. The molecule has 0 saturated heterocycles. The highest BCUT2D eigenvalue weighted by Gasteiger charge is 2.39. The predicted molar refractivity (Wildman–Crippen MR) is 127 cm³/mol. The van der Waals surface area contributed by atoms with E-state index in [4.69, 9.17) is 13.9 Å². The highest BCUT2D eigenvalue weighted by molar-refractivity contribution is 6.74. The number of methoxy groups -OCH3 is 1. The lowest BCUT2D eigenvalue weighted by Crippen LogP contribution is -2.44. The van der Waals surface area contributed by atoms with Crippen LogP contribution in [0.1, 0.15) is 59.4 Å². The molecule has 0 aliphatic rings. The highest BCUT2D eigenvalue weighted by Crippen LogP contribution is 2.38. The van der Waals surface area contributed by atoms with Gasteiger partial charge >= 0.3 is 0 Å². The highest BCUT2D eigenvalue weighted by atomic mass is 28.4. The van der Waals surface area contributed by atoms with Crippen molar-refractivity contribution >= 4 is 8.32 Å². The van der Waals surface area contributed by atoms with E-state index in [-0.39, 0.29) is 11.1 Å². The van der Waals surface area contributed by atoms with Gasteiger partial charge in [-0.25, -0.2) is 0 Å². The number of nitriles is 1. The second-order valence-corrected chi connectivity index (χ2v) is 14.6. The van der Waals surface area contributed by atoms with E-state index in [9.17, 15) is 5.26 Å². The van der Waals surface area contributed by atoms with Crippen LogP contribution in [-0.4, -0.2) is 28.1 Å².